The van der Waals surface area contributed by atoms with Crippen LogP contribution in [0.3, 0.4) is 0 Å². The van der Waals surface area contributed by atoms with E-state index in [1.807, 2.05) is 30.3 Å². The van der Waals surface area contributed by atoms with Crippen LogP contribution in [0.25, 0.3) is 11.1 Å². The highest BCUT2D eigenvalue weighted by Crippen LogP contribution is 2.57. The van der Waals surface area contributed by atoms with E-state index < -0.39 is 19.8 Å². The van der Waals surface area contributed by atoms with E-state index in [0.717, 1.165) is 30.4 Å². The van der Waals surface area contributed by atoms with Crippen LogP contribution in [-0.4, -0.2) is 49.6 Å². The summed E-state index contributed by atoms with van der Waals surface area (Å²) in [7, 11) is -2.30. The van der Waals surface area contributed by atoms with Gasteiger partial charge in [0.25, 0.3) is 5.91 Å². The lowest BCUT2D eigenvalue weighted by Crippen LogP contribution is -2.32. The molecule has 6 aromatic carbocycles. The van der Waals surface area contributed by atoms with Crippen molar-refractivity contribution < 1.29 is 47.3 Å². The van der Waals surface area contributed by atoms with E-state index in [-0.39, 0.29) is 64.1 Å². The van der Waals surface area contributed by atoms with Gasteiger partial charge in [0.05, 0.1) is 35.2 Å². The van der Waals surface area contributed by atoms with Crippen LogP contribution in [0.2, 0.25) is 0 Å². The maximum Gasteiger partial charge on any atom is 0.311 e. The van der Waals surface area contributed by atoms with Gasteiger partial charge in [0.15, 0.2) is 24.8 Å². The number of rotatable bonds is 13. The normalized spacial score (nSPS) is 21.3. The molecule has 4 aliphatic rings. The zero-order valence-corrected chi connectivity index (χ0v) is 35.5. The summed E-state index contributed by atoms with van der Waals surface area (Å²) in [6.45, 7) is -0.728. The number of amides is 3. The Morgan fingerprint density at radius 2 is 1.28 bits per heavy atom. The molecule has 320 valence electrons. The van der Waals surface area contributed by atoms with Crippen molar-refractivity contribution in [3.8, 4) is 34.1 Å². The summed E-state index contributed by atoms with van der Waals surface area (Å²) in [5.41, 5.74) is 3.41. The number of hydrogen-bond donors (Lipinski definition) is 1. The van der Waals surface area contributed by atoms with Gasteiger partial charge in [-0.2, -0.15) is 0 Å². The number of imide groups is 1. The van der Waals surface area contributed by atoms with Gasteiger partial charge in [0, 0.05) is 27.9 Å². The van der Waals surface area contributed by atoms with Crippen LogP contribution in [0.4, 0.5) is 11.4 Å². The summed E-state index contributed by atoms with van der Waals surface area (Å²) >= 11 is 0. The zero-order valence-electron chi connectivity index (χ0n) is 34.6. The average Bonchev–Trinajstić information content (AvgIpc) is 4.03. The standard InChI is InChI=1S/C51H41N2O10P/c1-60-38-23-24-44(46(27-38)64(59)45-12-5-3-10-40(45)39-9-2-4-11-43(39)63-64)62-29-42(55)32-8-6-7-31(25-32)41(54)28-61-37-21-17-35(18-22-37)52-49(56)30-15-19-36(20-16-30)53-50(57)47-33-13-14-34(26-33)48(47)51(53)58/h2-12,15-25,27,33-34,47-48H,13-14,26,28-29H2,1H3,(H,52,56). The number of ketones is 2. The van der Waals surface area contributed by atoms with Crippen LogP contribution in [0.5, 0.6) is 23.0 Å². The third-order valence-electron chi connectivity index (χ3n) is 12.8. The fourth-order valence-electron chi connectivity index (χ4n) is 9.66. The van der Waals surface area contributed by atoms with Crippen LogP contribution in [0, 0.1) is 23.7 Å². The molecule has 2 aliphatic heterocycles. The summed E-state index contributed by atoms with van der Waals surface area (Å²) in [6, 6.07) is 38.8. The number of benzene rings is 6. The molecule has 2 bridgehead atoms. The maximum atomic E-state index is 15.0. The van der Waals surface area contributed by atoms with Gasteiger partial charge in [-0.3, -0.25) is 33.4 Å². The van der Waals surface area contributed by atoms with E-state index in [4.69, 9.17) is 18.7 Å². The Morgan fingerprint density at radius 3 is 1.97 bits per heavy atom. The summed E-state index contributed by atoms with van der Waals surface area (Å²) in [6.07, 6.45) is 2.98. The minimum absolute atomic E-state index is 0.125. The molecule has 0 spiro atoms. The number of carbonyl (C=O) groups excluding carboxylic acids is 5. The number of Topliss-reactive ketones (excluding diaryl/α,β-unsaturated/α-hetero) is 2. The predicted molar refractivity (Wildman–Crippen MR) is 240 cm³/mol. The van der Waals surface area contributed by atoms with Crippen LogP contribution in [-0.2, 0) is 14.2 Å². The second kappa shape index (κ2) is 16.4. The van der Waals surface area contributed by atoms with E-state index >= 15 is 0 Å². The summed E-state index contributed by atoms with van der Waals surface area (Å²) in [5, 5.41) is 3.57. The number of anilines is 2. The van der Waals surface area contributed by atoms with Crippen molar-refractivity contribution in [2.45, 2.75) is 19.3 Å². The van der Waals surface area contributed by atoms with Crippen molar-refractivity contribution in [2.75, 3.05) is 30.5 Å². The Kier molecular flexibility index (Phi) is 10.5. The number of carbonyl (C=O) groups is 5. The molecule has 0 aromatic heterocycles. The monoisotopic (exact) mass is 872 g/mol. The van der Waals surface area contributed by atoms with Gasteiger partial charge in [-0.05, 0) is 122 Å². The van der Waals surface area contributed by atoms with Gasteiger partial charge in [-0.15, -0.1) is 0 Å². The molecule has 1 saturated heterocycles. The quantitative estimate of drug-likeness (QED) is 0.0681. The molecule has 12 nitrogen and oxygen atoms in total. The predicted octanol–water partition coefficient (Wildman–Crippen LogP) is 8.29. The molecule has 2 saturated carbocycles. The highest BCUT2D eigenvalue weighted by atomic mass is 31.2. The van der Waals surface area contributed by atoms with E-state index in [9.17, 15) is 28.5 Å². The molecule has 13 heteroatoms. The van der Waals surface area contributed by atoms with Gasteiger partial charge < -0.3 is 24.1 Å². The molecule has 10 rings (SSSR count). The minimum atomic E-state index is -3.80. The third kappa shape index (κ3) is 7.23. The first kappa shape index (κ1) is 40.8. The van der Waals surface area contributed by atoms with Gasteiger partial charge in [0.1, 0.15) is 23.0 Å². The Hall–Kier alpha value is -7.30. The summed E-state index contributed by atoms with van der Waals surface area (Å²) in [5.74, 6) is 0.227. The van der Waals surface area contributed by atoms with Gasteiger partial charge >= 0.3 is 7.37 Å². The largest absolute Gasteiger partial charge is 0.497 e. The van der Waals surface area contributed by atoms with Crippen molar-refractivity contribution in [3.05, 3.63) is 156 Å². The Bertz CT molecular complexity index is 2900. The molecule has 6 aromatic rings. The zero-order chi connectivity index (χ0) is 44.1. The molecular weight excluding hydrogens is 832 g/mol. The maximum absolute atomic E-state index is 15.0. The Labute approximate surface area is 368 Å². The van der Waals surface area contributed by atoms with Crippen LogP contribution < -0.4 is 39.6 Å². The van der Waals surface area contributed by atoms with Crippen molar-refractivity contribution >= 4 is 58.6 Å². The molecule has 3 amide bonds. The number of nitrogens with zero attached hydrogens (tertiary/aromatic N) is 1. The first-order valence-electron chi connectivity index (χ1n) is 21.1. The lowest BCUT2D eigenvalue weighted by molar-refractivity contribution is -0.123. The van der Waals surface area contributed by atoms with Crippen LogP contribution in [0.1, 0.15) is 50.3 Å². The van der Waals surface area contributed by atoms with E-state index in [0.29, 0.717) is 51.3 Å². The van der Waals surface area contributed by atoms with Crippen LogP contribution >= 0.6 is 7.37 Å². The van der Waals surface area contributed by atoms with Crippen molar-refractivity contribution in [2.24, 2.45) is 23.7 Å². The molecule has 3 fully saturated rings. The van der Waals surface area contributed by atoms with Crippen molar-refractivity contribution in [3.63, 3.8) is 0 Å². The lowest BCUT2D eigenvalue weighted by atomic mass is 9.81. The Morgan fingerprint density at radius 1 is 0.656 bits per heavy atom. The van der Waals surface area contributed by atoms with E-state index in [1.165, 1.54) is 18.1 Å². The number of ether oxygens (including phenoxy) is 3. The number of para-hydroxylation sites is 1. The van der Waals surface area contributed by atoms with Crippen molar-refractivity contribution in [1.29, 1.82) is 0 Å². The molecule has 2 aliphatic carbocycles. The molecule has 2 heterocycles. The molecule has 5 unspecified atom stereocenters. The van der Waals surface area contributed by atoms with Crippen LogP contribution in [0.15, 0.2) is 140 Å². The van der Waals surface area contributed by atoms with Gasteiger partial charge in [0.2, 0.25) is 11.8 Å². The number of methoxy groups -OCH3 is 1. The number of fused-ring (bicyclic) bond motifs is 8. The lowest BCUT2D eigenvalue weighted by Gasteiger charge is -2.30. The number of hydrogen-bond acceptors (Lipinski definition) is 10. The summed E-state index contributed by atoms with van der Waals surface area (Å²) < 4.78 is 38.6. The molecular formula is C51H41N2O10P. The van der Waals surface area contributed by atoms with E-state index in [1.54, 1.807) is 103 Å². The second-order valence-electron chi connectivity index (χ2n) is 16.4. The smallest absolute Gasteiger partial charge is 0.311 e. The van der Waals surface area contributed by atoms with E-state index in [2.05, 4.69) is 5.32 Å². The fraction of sp³-hybridized carbons (Fsp3) is 0.196. The highest BCUT2D eigenvalue weighted by Gasteiger charge is 2.61. The minimum Gasteiger partial charge on any atom is -0.497 e. The first-order valence-corrected chi connectivity index (χ1v) is 22.7. The van der Waals surface area contributed by atoms with Crippen molar-refractivity contribution in [1.82, 2.24) is 0 Å². The SMILES string of the molecule is COc1ccc(OCC(=O)c2cccc(C(=O)COc3ccc(NC(=O)c4ccc(N5C(=O)C6C7CCC(C7)C6C5=O)cc4)cc3)c2)c(P2(=O)Oc3ccccc3-c3ccccc32)c1. The molecule has 5 atom stereocenters. The van der Waals surface area contributed by atoms with Gasteiger partial charge in [-0.25, -0.2) is 0 Å². The highest BCUT2D eigenvalue weighted by molar-refractivity contribution is 7.75. The second-order valence-corrected chi connectivity index (χ2v) is 18.7. The fourth-order valence-corrected chi connectivity index (χ4v) is 12.1. The number of nitrogens with one attached hydrogen (secondary N) is 1. The average molecular weight is 873 g/mol. The topological polar surface area (TPSA) is 155 Å². The Balaban J connectivity index is 0.751. The molecule has 64 heavy (non-hydrogen) atoms. The summed E-state index contributed by atoms with van der Waals surface area (Å²) in [4.78, 5) is 67.6. The molecule has 0 radical (unpaired) electrons. The first-order chi connectivity index (χ1) is 31.1. The van der Waals surface area contributed by atoms with Gasteiger partial charge in [-0.1, -0.05) is 54.6 Å². The third-order valence-corrected chi connectivity index (χ3v) is 15.2. The molecule has 1 N–H and O–H groups in total.